The van der Waals surface area contributed by atoms with Crippen LogP contribution in [0, 0.1) is 5.92 Å². The number of amides is 1. The Bertz CT molecular complexity index is 1290. The Morgan fingerprint density at radius 3 is 2.14 bits per heavy atom. The van der Waals surface area contributed by atoms with Crippen molar-refractivity contribution in [3.63, 3.8) is 0 Å². The molecule has 2 aliphatic carbocycles. The molecule has 42 heavy (non-hydrogen) atoms. The molecule has 0 unspecified atom stereocenters. The Hall–Kier alpha value is -2.95. The smallest absolute Gasteiger partial charge is 0.248 e. The van der Waals surface area contributed by atoms with Crippen LogP contribution >= 0.6 is 11.3 Å². The average Bonchev–Trinajstić information content (AvgIpc) is 3.56. The van der Waals surface area contributed by atoms with Gasteiger partial charge in [-0.15, -0.1) is 10.2 Å². The van der Waals surface area contributed by atoms with Gasteiger partial charge in [0.05, 0.1) is 19.3 Å². The minimum atomic E-state index is 0.0296. The van der Waals surface area contributed by atoms with E-state index in [1.54, 1.807) is 18.4 Å². The molecule has 2 aromatic heterocycles. The maximum absolute atomic E-state index is 12.4. The molecule has 1 aliphatic heterocycles. The third-order valence-corrected chi connectivity index (χ3v) is 10.4. The lowest BCUT2D eigenvalue weighted by Crippen LogP contribution is -2.39. The van der Waals surface area contributed by atoms with E-state index in [-0.39, 0.29) is 11.8 Å². The first kappa shape index (κ1) is 29.1. The molecule has 3 fully saturated rings. The van der Waals surface area contributed by atoms with Crippen molar-refractivity contribution >= 4 is 23.2 Å². The summed E-state index contributed by atoms with van der Waals surface area (Å²) < 4.78 is 6.40. The lowest BCUT2D eigenvalue weighted by atomic mass is 9.82. The molecule has 6 rings (SSSR count). The second-order valence-electron chi connectivity index (χ2n) is 11.9. The van der Waals surface area contributed by atoms with E-state index in [1.165, 1.54) is 44.3 Å². The van der Waals surface area contributed by atoms with Crippen LogP contribution in [-0.4, -0.2) is 70.6 Å². The summed E-state index contributed by atoms with van der Waals surface area (Å²) in [5, 5.41) is 12.4. The van der Waals surface area contributed by atoms with Crippen LogP contribution in [0.25, 0.3) is 21.7 Å². The molecule has 3 aliphatic rings. The first-order chi connectivity index (χ1) is 20.6. The first-order valence-corrected chi connectivity index (χ1v) is 16.4. The number of rotatable bonds is 8. The van der Waals surface area contributed by atoms with E-state index in [2.05, 4.69) is 39.4 Å². The highest BCUT2D eigenvalue weighted by atomic mass is 32.1. The lowest BCUT2D eigenvalue weighted by molar-refractivity contribution is -0.174. The normalized spacial score (nSPS) is 22.3. The number of piperidine rings is 1. The van der Waals surface area contributed by atoms with Gasteiger partial charge in [-0.25, -0.2) is 15.0 Å². The number of ether oxygens (including phenoxy) is 1. The molecule has 10 heteroatoms. The third kappa shape index (κ3) is 6.82. The van der Waals surface area contributed by atoms with Gasteiger partial charge in [0.15, 0.2) is 0 Å². The lowest BCUT2D eigenvalue weighted by Gasteiger charge is -2.34. The van der Waals surface area contributed by atoms with Gasteiger partial charge in [0.25, 0.3) is 0 Å². The summed E-state index contributed by atoms with van der Waals surface area (Å²) in [6, 6.07) is 8.40. The topological polar surface area (TPSA) is 93.6 Å². The van der Waals surface area contributed by atoms with Crippen molar-refractivity contribution in [3.05, 3.63) is 41.7 Å². The summed E-state index contributed by atoms with van der Waals surface area (Å²) in [7, 11) is 3.21. The average molecular weight is 591 g/mol. The predicted molar refractivity (Wildman–Crippen MR) is 164 cm³/mol. The molecule has 1 amide bonds. The van der Waals surface area contributed by atoms with Gasteiger partial charge in [0, 0.05) is 55.5 Å². The zero-order valence-corrected chi connectivity index (χ0v) is 25.6. The zero-order chi connectivity index (χ0) is 28.9. The molecule has 0 spiro atoms. The number of benzene rings is 1. The van der Waals surface area contributed by atoms with Gasteiger partial charge in [-0.05, 0) is 56.9 Å². The molecular formula is C32H42N6O3S. The van der Waals surface area contributed by atoms with Crippen molar-refractivity contribution in [1.29, 1.82) is 0 Å². The zero-order valence-electron chi connectivity index (χ0n) is 24.8. The van der Waals surface area contributed by atoms with E-state index in [9.17, 15) is 4.79 Å². The van der Waals surface area contributed by atoms with Crippen molar-refractivity contribution < 1.29 is 14.4 Å². The maximum atomic E-state index is 12.4. The van der Waals surface area contributed by atoms with Gasteiger partial charge in [-0.3, -0.25) is 9.63 Å². The van der Waals surface area contributed by atoms with Crippen LogP contribution in [0.3, 0.4) is 0 Å². The van der Waals surface area contributed by atoms with Gasteiger partial charge in [0.2, 0.25) is 11.9 Å². The number of hydrogen-bond donors (Lipinski definition) is 0. The first-order valence-electron chi connectivity index (χ1n) is 15.6. The Morgan fingerprint density at radius 2 is 1.48 bits per heavy atom. The quantitative estimate of drug-likeness (QED) is 0.283. The highest BCUT2D eigenvalue weighted by Gasteiger charge is 2.31. The van der Waals surface area contributed by atoms with Gasteiger partial charge in [-0.2, -0.15) is 0 Å². The Morgan fingerprint density at radius 1 is 0.833 bits per heavy atom. The Labute approximate surface area is 252 Å². The van der Waals surface area contributed by atoms with Crippen molar-refractivity contribution in [2.24, 2.45) is 5.92 Å². The third-order valence-electron chi connectivity index (χ3n) is 9.22. The fourth-order valence-electron chi connectivity index (χ4n) is 6.55. The van der Waals surface area contributed by atoms with Crippen LogP contribution in [0.15, 0.2) is 36.7 Å². The van der Waals surface area contributed by atoms with Crippen molar-refractivity contribution in [2.75, 3.05) is 32.1 Å². The SMILES string of the molecule is CON(C)C(=O)C1CCC(c2nnc(-c3ccc(-c4cnc(N5CCC(OC6CCCCC6)CC5)nc4)cc3)s2)CC1. The van der Waals surface area contributed by atoms with E-state index in [1.807, 2.05) is 12.4 Å². The molecule has 0 N–H and O–H groups in total. The van der Waals surface area contributed by atoms with Crippen molar-refractivity contribution in [3.8, 4) is 21.7 Å². The Balaban J connectivity index is 1.01. The van der Waals surface area contributed by atoms with Crippen molar-refractivity contribution in [1.82, 2.24) is 25.2 Å². The molecule has 1 aromatic carbocycles. The second kappa shape index (κ2) is 13.6. The fourth-order valence-corrected chi connectivity index (χ4v) is 7.57. The van der Waals surface area contributed by atoms with Gasteiger partial charge in [-0.1, -0.05) is 54.9 Å². The number of aromatic nitrogens is 4. The summed E-state index contributed by atoms with van der Waals surface area (Å²) in [4.78, 5) is 29.2. The molecule has 0 radical (unpaired) electrons. The number of hydrogen-bond acceptors (Lipinski definition) is 9. The van der Waals surface area contributed by atoms with E-state index >= 15 is 0 Å². The number of hydroxylamine groups is 2. The van der Waals surface area contributed by atoms with Gasteiger partial charge >= 0.3 is 0 Å². The summed E-state index contributed by atoms with van der Waals surface area (Å²) >= 11 is 1.66. The van der Waals surface area contributed by atoms with E-state index in [4.69, 9.17) is 19.5 Å². The fraction of sp³-hybridized carbons (Fsp3) is 0.594. The van der Waals surface area contributed by atoms with Gasteiger partial charge in [0.1, 0.15) is 10.0 Å². The van der Waals surface area contributed by atoms with Crippen LogP contribution in [0.1, 0.15) is 81.6 Å². The largest absolute Gasteiger partial charge is 0.375 e. The minimum Gasteiger partial charge on any atom is -0.375 e. The maximum Gasteiger partial charge on any atom is 0.248 e. The van der Waals surface area contributed by atoms with E-state index < -0.39 is 0 Å². The minimum absolute atomic E-state index is 0.0296. The summed E-state index contributed by atoms with van der Waals surface area (Å²) in [5.74, 6) is 1.26. The highest BCUT2D eigenvalue weighted by Crippen LogP contribution is 2.39. The Kier molecular flexibility index (Phi) is 9.41. The molecule has 2 saturated carbocycles. The van der Waals surface area contributed by atoms with Crippen molar-refractivity contribution in [2.45, 2.75) is 88.8 Å². The summed E-state index contributed by atoms with van der Waals surface area (Å²) in [6.45, 7) is 1.89. The molecule has 0 bridgehead atoms. The molecule has 9 nitrogen and oxygen atoms in total. The van der Waals surface area contributed by atoms with Crippen LogP contribution in [-0.2, 0) is 14.4 Å². The van der Waals surface area contributed by atoms with Crippen LogP contribution in [0.5, 0.6) is 0 Å². The molecular weight excluding hydrogens is 548 g/mol. The summed E-state index contributed by atoms with van der Waals surface area (Å²) in [5.41, 5.74) is 3.15. The number of carbonyl (C=O) groups excluding carboxylic acids is 1. The molecule has 3 aromatic rings. The molecule has 3 heterocycles. The van der Waals surface area contributed by atoms with Crippen LogP contribution in [0.4, 0.5) is 5.95 Å². The second-order valence-corrected chi connectivity index (χ2v) is 13.0. The van der Waals surface area contributed by atoms with E-state index in [0.29, 0.717) is 18.1 Å². The number of nitrogens with zero attached hydrogens (tertiary/aromatic N) is 6. The summed E-state index contributed by atoms with van der Waals surface area (Å²) in [6.07, 6.45) is 16.8. The van der Waals surface area contributed by atoms with Gasteiger partial charge < -0.3 is 9.64 Å². The highest BCUT2D eigenvalue weighted by molar-refractivity contribution is 7.14. The van der Waals surface area contributed by atoms with E-state index in [0.717, 1.165) is 84.3 Å². The molecule has 224 valence electrons. The standard InChI is InChI=1S/C32H42N6O3S/c1-37(40-2)31(39)25-14-12-24(13-15-25)30-36-35-29(42-30)23-10-8-22(9-11-23)26-20-33-32(34-21-26)38-18-16-28(17-19-38)41-27-6-4-3-5-7-27/h8-11,20-21,24-25,27-28H,3-7,12-19H2,1-2H3. The number of anilines is 1. The molecule has 1 saturated heterocycles. The number of carbonyl (C=O) groups is 1. The monoisotopic (exact) mass is 590 g/mol. The van der Waals surface area contributed by atoms with Crippen LogP contribution < -0.4 is 4.90 Å². The molecule has 0 atom stereocenters. The van der Waals surface area contributed by atoms with Crippen LogP contribution in [0.2, 0.25) is 0 Å². The predicted octanol–water partition coefficient (Wildman–Crippen LogP) is 6.27.